The van der Waals surface area contributed by atoms with Crippen molar-refractivity contribution in [2.45, 2.75) is 44.7 Å². The molecule has 0 saturated carbocycles. The van der Waals surface area contributed by atoms with E-state index in [-0.39, 0.29) is 17.2 Å². The van der Waals surface area contributed by atoms with Gasteiger partial charge < -0.3 is 5.73 Å². The highest BCUT2D eigenvalue weighted by molar-refractivity contribution is 9.10. The summed E-state index contributed by atoms with van der Waals surface area (Å²) >= 11 is 5.08. The number of allylic oxidation sites excluding steroid dienone is 3. The molecular weight excluding hydrogens is 503 g/mol. The standard InChI is InChI=1S/C23H19BrF3N3OS/c1-2-18-15(24)10-19(32-18)20-14(11-28)22(29)30(16-4-3-5-17(31)21(16)20)13-8-6-12(7-9-13)23(25,26)27/h6-10,20H,2-5,29H2,1H3. The van der Waals surface area contributed by atoms with Crippen LogP contribution in [0.25, 0.3) is 0 Å². The number of rotatable bonds is 3. The normalized spacial score (nSPS) is 19.3. The number of ketones is 1. The molecule has 9 heteroatoms. The van der Waals surface area contributed by atoms with Gasteiger partial charge in [-0.05, 0) is 65.5 Å². The van der Waals surface area contributed by atoms with Gasteiger partial charge in [0.05, 0.1) is 23.1 Å². The van der Waals surface area contributed by atoms with Gasteiger partial charge in [-0.15, -0.1) is 11.3 Å². The first kappa shape index (κ1) is 22.6. The monoisotopic (exact) mass is 521 g/mol. The number of Topliss-reactive ketones (excluding diaryl/α,β-unsaturated/α-hetero) is 1. The highest BCUT2D eigenvalue weighted by Crippen LogP contribution is 2.49. The maximum Gasteiger partial charge on any atom is 0.416 e. The van der Waals surface area contributed by atoms with Gasteiger partial charge in [0.15, 0.2) is 5.78 Å². The van der Waals surface area contributed by atoms with Gasteiger partial charge >= 0.3 is 6.18 Å². The van der Waals surface area contributed by atoms with E-state index in [0.717, 1.165) is 32.8 Å². The Morgan fingerprint density at radius 1 is 1.28 bits per heavy atom. The van der Waals surface area contributed by atoms with Crippen molar-refractivity contribution in [2.24, 2.45) is 5.73 Å². The number of benzene rings is 1. The van der Waals surface area contributed by atoms with E-state index < -0.39 is 17.7 Å². The maximum atomic E-state index is 13.1. The second-order valence-electron chi connectivity index (χ2n) is 7.63. The summed E-state index contributed by atoms with van der Waals surface area (Å²) in [5.74, 6) is -0.487. The fourth-order valence-electron chi connectivity index (χ4n) is 4.27. The molecule has 1 atom stereocenters. The van der Waals surface area contributed by atoms with Gasteiger partial charge in [-0.3, -0.25) is 9.69 Å². The van der Waals surface area contributed by atoms with Crippen LogP contribution in [0, 0.1) is 11.3 Å². The van der Waals surface area contributed by atoms with Crippen molar-refractivity contribution in [3.63, 3.8) is 0 Å². The molecule has 166 valence electrons. The maximum absolute atomic E-state index is 13.1. The van der Waals surface area contributed by atoms with Crippen molar-refractivity contribution < 1.29 is 18.0 Å². The minimum absolute atomic E-state index is 0.0593. The predicted octanol–water partition coefficient (Wildman–Crippen LogP) is 6.40. The van der Waals surface area contributed by atoms with Crippen LogP contribution in [-0.4, -0.2) is 5.78 Å². The minimum Gasteiger partial charge on any atom is -0.384 e. The van der Waals surface area contributed by atoms with Crippen molar-refractivity contribution in [2.75, 3.05) is 4.90 Å². The lowest BCUT2D eigenvalue weighted by Crippen LogP contribution is -2.38. The van der Waals surface area contributed by atoms with Crippen LogP contribution >= 0.6 is 27.3 Å². The Morgan fingerprint density at radius 2 is 1.97 bits per heavy atom. The topological polar surface area (TPSA) is 70.1 Å². The Hall–Kier alpha value is -2.57. The van der Waals surface area contributed by atoms with Crippen LogP contribution < -0.4 is 10.6 Å². The van der Waals surface area contributed by atoms with Crippen LogP contribution in [0.5, 0.6) is 0 Å². The fourth-order valence-corrected chi connectivity index (χ4v) is 6.31. The van der Waals surface area contributed by atoms with Crippen molar-refractivity contribution in [1.82, 2.24) is 0 Å². The summed E-state index contributed by atoms with van der Waals surface area (Å²) in [5, 5.41) is 10.0. The highest BCUT2D eigenvalue weighted by Gasteiger charge is 2.41. The van der Waals surface area contributed by atoms with E-state index in [4.69, 9.17) is 5.73 Å². The lowest BCUT2D eigenvalue weighted by molar-refractivity contribution is -0.137. The van der Waals surface area contributed by atoms with Crippen LogP contribution in [0.15, 0.2) is 57.5 Å². The average Bonchev–Trinajstić information content (AvgIpc) is 3.13. The van der Waals surface area contributed by atoms with E-state index in [0.29, 0.717) is 36.2 Å². The number of hydrogen-bond donors (Lipinski definition) is 1. The molecule has 2 aromatic rings. The number of thiophene rings is 1. The van der Waals surface area contributed by atoms with Gasteiger partial charge in [-0.25, -0.2) is 0 Å². The van der Waals surface area contributed by atoms with Gasteiger partial charge in [0, 0.05) is 37.6 Å². The molecule has 1 unspecified atom stereocenters. The predicted molar refractivity (Wildman–Crippen MR) is 121 cm³/mol. The van der Waals surface area contributed by atoms with Crippen molar-refractivity contribution in [3.05, 3.63) is 72.8 Å². The Balaban J connectivity index is 1.90. The van der Waals surface area contributed by atoms with Crippen LogP contribution in [0.1, 0.15) is 47.4 Å². The minimum atomic E-state index is -4.46. The van der Waals surface area contributed by atoms with Crippen molar-refractivity contribution in [1.29, 1.82) is 5.26 Å². The molecule has 0 saturated heterocycles. The second kappa shape index (κ2) is 8.41. The van der Waals surface area contributed by atoms with Crippen LogP contribution in [0.4, 0.5) is 18.9 Å². The number of carbonyl (C=O) groups excluding carboxylic acids is 1. The van der Waals surface area contributed by atoms with E-state index in [1.165, 1.54) is 23.5 Å². The first-order valence-electron chi connectivity index (χ1n) is 10.1. The molecule has 0 fully saturated rings. The SMILES string of the molecule is CCc1sc(C2C(C#N)=C(N)N(c3ccc(C(F)(F)F)cc3)C3=C2C(=O)CCC3)cc1Br. The molecule has 2 heterocycles. The third-order valence-electron chi connectivity index (χ3n) is 5.75. The Morgan fingerprint density at radius 3 is 2.53 bits per heavy atom. The quantitative estimate of drug-likeness (QED) is 0.507. The number of nitriles is 1. The zero-order chi connectivity index (χ0) is 23.2. The van der Waals surface area contributed by atoms with Crippen LogP contribution in [0.2, 0.25) is 0 Å². The summed E-state index contributed by atoms with van der Waals surface area (Å²) in [6.45, 7) is 2.03. The molecule has 4 rings (SSSR count). The first-order chi connectivity index (χ1) is 15.2. The summed E-state index contributed by atoms with van der Waals surface area (Å²) in [5.41, 5.74) is 7.48. The molecule has 32 heavy (non-hydrogen) atoms. The van der Waals surface area contributed by atoms with Crippen molar-refractivity contribution >= 4 is 38.7 Å². The third kappa shape index (κ3) is 3.76. The van der Waals surface area contributed by atoms with Gasteiger partial charge in [-0.1, -0.05) is 6.92 Å². The number of alkyl halides is 3. The lowest BCUT2D eigenvalue weighted by Gasteiger charge is -2.39. The lowest BCUT2D eigenvalue weighted by atomic mass is 9.78. The molecule has 1 aliphatic heterocycles. The largest absolute Gasteiger partial charge is 0.416 e. The summed E-state index contributed by atoms with van der Waals surface area (Å²) in [6.07, 6.45) is -2.13. The van der Waals surface area contributed by atoms with Crippen LogP contribution in [-0.2, 0) is 17.4 Å². The molecular formula is C23H19BrF3N3OS. The third-order valence-corrected chi connectivity index (χ3v) is 8.06. The van der Waals surface area contributed by atoms with E-state index in [1.54, 1.807) is 4.90 Å². The molecule has 0 radical (unpaired) electrons. The molecule has 0 bridgehead atoms. The molecule has 0 spiro atoms. The Bertz CT molecular complexity index is 1190. The summed E-state index contributed by atoms with van der Waals surface area (Å²) in [6, 6.07) is 8.72. The number of nitrogens with two attached hydrogens (primary N) is 1. The average molecular weight is 522 g/mol. The molecule has 1 aliphatic carbocycles. The van der Waals surface area contributed by atoms with Gasteiger partial charge in [0.2, 0.25) is 0 Å². The summed E-state index contributed by atoms with van der Waals surface area (Å²) in [7, 11) is 0. The summed E-state index contributed by atoms with van der Waals surface area (Å²) in [4.78, 5) is 16.6. The molecule has 1 aromatic heterocycles. The van der Waals surface area contributed by atoms with E-state index in [1.807, 2.05) is 13.0 Å². The first-order valence-corrected chi connectivity index (χ1v) is 11.7. The fraction of sp³-hybridized carbons (Fsp3) is 0.304. The molecule has 0 amide bonds. The number of nitrogens with zero attached hydrogens (tertiary/aromatic N) is 2. The number of hydrogen-bond acceptors (Lipinski definition) is 5. The highest BCUT2D eigenvalue weighted by atomic mass is 79.9. The Kier molecular flexibility index (Phi) is 5.94. The summed E-state index contributed by atoms with van der Waals surface area (Å²) < 4.78 is 40.0. The van der Waals surface area contributed by atoms with Gasteiger partial charge in [-0.2, -0.15) is 18.4 Å². The molecule has 1 aromatic carbocycles. The van der Waals surface area contributed by atoms with E-state index in [9.17, 15) is 23.2 Å². The molecule has 2 N–H and O–H groups in total. The van der Waals surface area contributed by atoms with Crippen LogP contribution in [0.3, 0.4) is 0 Å². The van der Waals surface area contributed by atoms with Gasteiger partial charge in [0.25, 0.3) is 0 Å². The molecule has 2 aliphatic rings. The smallest absolute Gasteiger partial charge is 0.384 e. The van der Waals surface area contributed by atoms with Gasteiger partial charge in [0.1, 0.15) is 5.82 Å². The number of anilines is 1. The second-order valence-corrected chi connectivity index (χ2v) is 9.66. The van der Waals surface area contributed by atoms with E-state index >= 15 is 0 Å². The number of carbonyl (C=O) groups is 1. The van der Waals surface area contributed by atoms with Crippen molar-refractivity contribution in [3.8, 4) is 6.07 Å². The van der Waals surface area contributed by atoms with E-state index in [2.05, 4.69) is 22.0 Å². The zero-order valence-electron chi connectivity index (χ0n) is 17.1. The number of halogens is 4. The number of aryl methyl sites for hydroxylation is 1. The zero-order valence-corrected chi connectivity index (χ0v) is 19.5. The molecule has 4 nitrogen and oxygen atoms in total. The Labute approximate surface area is 196 Å².